The number of nitrogens with zero attached hydrogens (tertiary/aromatic N) is 4. The van der Waals surface area contributed by atoms with Gasteiger partial charge in [-0.3, -0.25) is 0 Å². The zero-order valence-electron chi connectivity index (χ0n) is 9.36. The number of rotatable bonds is 2. The third-order valence-corrected chi connectivity index (χ3v) is 2.61. The monoisotopic (exact) mass is 346 g/mol. The second-order valence-electron chi connectivity index (χ2n) is 3.35. The summed E-state index contributed by atoms with van der Waals surface area (Å²) < 4.78 is 2.35. The molecule has 0 saturated carbocycles. The normalized spacial score (nSPS) is 10.5. The molecular weight excluding hydrogens is 335 g/mol. The molecule has 17 heavy (non-hydrogen) atoms. The summed E-state index contributed by atoms with van der Waals surface area (Å²) in [6.07, 6.45) is 0. The van der Waals surface area contributed by atoms with Crippen molar-refractivity contribution in [2.45, 2.75) is 13.8 Å². The van der Waals surface area contributed by atoms with Gasteiger partial charge in [-0.05, 0) is 42.5 Å². The molecule has 2 heterocycles. The van der Waals surface area contributed by atoms with Crippen LogP contribution in [0.15, 0.2) is 6.07 Å². The maximum absolute atomic E-state index is 11.5. The predicted molar refractivity (Wildman–Crippen MR) is 70.9 cm³/mol. The minimum Gasteiger partial charge on any atom is -0.338 e. The number of hydrogen-bond acceptors (Lipinski definition) is 4. The van der Waals surface area contributed by atoms with Crippen molar-refractivity contribution in [2.24, 2.45) is 0 Å². The first-order chi connectivity index (χ1) is 8.11. The molecule has 0 radical (unpaired) electrons. The van der Waals surface area contributed by atoms with Crippen LogP contribution < -0.4 is 10.6 Å². The third-order valence-electron chi connectivity index (χ3n) is 2.08. The van der Waals surface area contributed by atoms with Crippen molar-refractivity contribution in [3.8, 4) is 0 Å². The molecule has 90 valence electrons. The minimum absolute atomic E-state index is 0.267. The van der Waals surface area contributed by atoms with Crippen molar-refractivity contribution < 1.29 is 4.79 Å². The minimum atomic E-state index is -0.267. The Labute approximate surface area is 111 Å². The highest BCUT2D eigenvalue weighted by atomic mass is 127. The molecule has 2 rings (SSSR count). The van der Waals surface area contributed by atoms with E-state index in [1.165, 1.54) is 0 Å². The predicted octanol–water partition coefficient (Wildman–Crippen LogP) is 1.18. The molecule has 0 atom stereocenters. The molecule has 2 amide bonds. The van der Waals surface area contributed by atoms with E-state index < -0.39 is 0 Å². The van der Waals surface area contributed by atoms with E-state index in [2.05, 4.69) is 48.5 Å². The van der Waals surface area contributed by atoms with E-state index in [0.717, 1.165) is 3.70 Å². The number of carbonyl (C=O) groups excluding carboxylic acids is 1. The number of halogens is 1. The van der Waals surface area contributed by atoms with Crippen LogP contribution in [0.25, 0.3) is 5.65 Å². The first kappa shape index (κ1) is 12.0. The van der Waals surface area contributed by atoms with Crippen molar-refractivity contribution in [1.82, 2.24) is 25.1 Å². The molecule has 0 aliphatic rings. The van der Waals surface area contributed by atoms with E-state index >= 15 is 0 Å². The number of nitrogens with one attached hydrogen (secondary N) is 2. The molecule has 7 nitrogen and oxygen atoms in total. The highest BCUT2D eigenvalue weighted by molar-refractivity contribution is 14.1. The van der Waals surface area contributed by atoms with Crippen LogP contribution in [0.4, 0.5) is 10.5 Å². The van der Waals surface area contributed by atoms with Crippen LogP contribution in [-0.2, 0) is 0 Å². The van der Waals surface area contributed by atoms with Gasteiger partial charge in [0, 0.05) is 6.54 Å². The fourth-order valence-corrected chi connectivity index (χ4v) is 1.90. The molecule has 2 N–H and O–H groups in total. The highest BCUT2D eigenvalue weighted by Gasteiger charge is 2.11. The summed E-state index contributed by atoms with van der Waals surface area (Å²) in [5.41, 5.74) is 1.13. The number of aromatic nitrogens is 4. The lowest BCUT2D eigenvalue weighted by molar-refractivity contribution is 0.252. The largest absolute Gasteiger partial charge is 0.338 e. The second-order valence-corrected chi connectivity index (χ2v) is 4.45. The summed E-state index contributed by atoms with van der Waals surface area (Å²) in [5, 5.41) is 17.5. The fraction of sp³-hybridized carbons (Fsp3) is 0.333. The van der Waals surface area contributed by atoms with Crippen LogP contribution in [0.2, 0.25) is 0 Å². The van der Waals surface area contributed by atoms with Gasteiger partial charge in [0.25, 0.3) is 0 Å². The van der Waals surface area contributed by atoms with Gasteiger partial charge < -0.3 is 10.6 Å². The van der Waals surface area contributed by atoms with E-state index in [4.69, 9.17) is 0 Å². The van der Waals surface area contributed by atoms with Crippen molar-refractivity contribution in [2.75, 3.05) is 11.9 Å². The topological polar surface area (TPSA) is 84.2 Å². The zero-order chi connectivity index (χ0) is 12.4. The Bertz CT molecular complexity index is 566. The summed E-state index contributed by atoms with van der Waals surface area (Å²) in [5.74, 6) is 0.678. The van der Waals surface area contributed by atoms with E-state index in [0.29, 0.717) is 23.7 Å². The molecular formula is C9H11IN6O. The molecule has 2 aromatic rings. The maximum atomic E-state index is 11.5. The van der Waals surface area contributed by atoms with Crippen molar-refractivity contribution in [3.05, 3.63) is 15.6 Å². The summed E-state index contributed by atoms with van der Waals surface area (Å²) in [4.78, 5) is 11.5. The smallest absolute Gasteiger partial charge is 0.319 e. The standard InChI is InChI=1S/C9H11IN6O/c1-3-11-9(17)12-6-4-7(10)15-16-5(2)13-14-8(6)16/h4H,3H2,1-2H3,(H2,11,12,17). The molecule has 0 saturated heterocycles. The number of aryl methyl sites for hydroxylation is 1. The fourth-order valence-electron chi connectivity index (χ4n) is 1.37. The van der Waals surface area contributed by atoms with Gasteiger partial charge in [0.1, 0.15) is 3.70 Å². The number of hydrogen-bond donors (Lipinski definition) is 2. The van der Waals surface area contributed by atoms with Gasteiger partial charge in [-0.1, -0.05) is 0 Å². The Balaban J connectivity index is 2.42. The molecule has 8 heteroatoms. The average Bonchev–Trinajstić information content (AvgIpc) is 2.61. The van der Waals surface area contributed by atoms with Gasteiger partial charge in [0.05, 0.1) is 5.69 Å². The quantitative estimate of drug-likeness (QED) is 0.800. The Morgan fingerprint density at radius 2 is 2.29 bits per heavy atom. The molecule has 0 spiro atoms. The summed E-state index contributed by atoms with van der Waals surface area (Å²) in [7, 11) is 0. The van der Waals surface area contributed by atoms with E-state index in [1.54, 1.807) is 17.5 Å². The van der Waals surface area contributed by atoms with Gasteiger partial charge >= 0.3 is 6.03 Å². The number of anilines is 1. The van der Waals surface area contributed by atoms with Crippen molar-refractivity contribution in [3.63, 3.8) is 0 Å². The molecule has 2 aromatic heterocycles. The van der Waals surface area contributed by atoms with Crippen LogP contribution in [-0.4, -0.2) is 32.4 Å². The Morgan fingerprint density at radius 1 is 1.53 bits per heavy atom. The van der Waals surface area contributed by atoms with Gasteiger partial charge in [0.2, 0.25) is 5.65 Å². The number of carbonyl (C=O) groups is 1. The van der Waals surface area contributed by atoms with E-state index in [9.17, 15) is 4.79 Å². The van der Waals surface area contributed by atoms with Gasteiger partial charge in [-0.2, -0.15) is 9.61 Å². The number of fused-ring (bicyclic) bond motifs is 1. The van der Waals surface area contributed by atoms with Gasteiger partial charge in [0.15, 0.2) is 5.82 Å². The molecule has 0 fully saturated rings. The zero-order valence-corrected chi connectivity index (χ0v) is 11.5. The number of urea groups is 1. The third kappa shape index (κ3) is 2.46. The second kappa shape index (κ2) is 4.82. The first-order valence-corrected chi connectivity index (χ1v) is 6.13. The SMILES string of the molecule is CCNC(=O)Nc1cc(I)nn2c(C)nnc12. The molecule has 0 aliphatic carbocycles. The highest BCUT2D eigenvalue weighted by Crippen LogP contribution is 2.17. The van der Waals surface area contributed by atoms with E-state index in [-0.39, 0.29) is 6.03 Å². The van der Waals surface area contributed by atoms with Gasteiger partial charge in [-0.25, -0.2) is 4.79 Å². The Morgan fingerprint density at radius 3 is 3.00 bits per heavy atom. The molecule has 0 unspecified atom stereocenters. The maximum Gasteiger partial charge on any atom is 0.319 e. The molecule has 0 aromatic carbocycles. The van der Waals surface area contributed by atoms with Crippen LogP contribution in [0.3, 0.4) is 0 Å². The van der Waals surface area contributed by atoms with Crippen LogP contribution in [0.5, 0.6) is 0 Å². The lowest BCUT2D eigenvalue weighted by Gasteiger charge is -2.06. The average molecular weight is 346 g/mol. The van der Waals surface area contributed by atoms with Crippen molar-refractivity contribution in [1.29, 1.82) is 0 Å². The lowest BCUT2D eigenvalue weighted by atomic mass is 10.4. The summed E-state index contributed by atoms with van der Waals surface area (Å²) in [6.45, 7) is 4.22. The molecule has 0 bridgehead atoms. The van der Waals surface area contributed by atoms with Crippen molar-refractivity contribution >= 4 is 40.0 Å². The van der Waals surface area contributed by atoms with Crippen LogP contribution in [0.1, 0.15) is 12.7 Å². The Kier molecular flexibility index (Phi) is 3.41. The van der Waals surface area contributed by atoms with Gasteiger partial charge in [-0.15, -0.1) is 10.2 Å². The van der Waals surface area contributed by atoms with Crippen LogP contribution >= 0.6 is 22.6 Å². The Hall–Kier alpha value is -1.45. The summed E-state index contributed by atoms with van der Waals surface area (Å²) >= 11 is 2.08. The van der Waals surface area contributed by atoms with E-state index in [1.807, 2.05) is 6.92 Å². The lowest BCUT2D eigenvalue weighted by Crippen LogP contribution is -2.28. The molecule has 0 aliphatic heterocycles. The first-order valence-electron chi connectivity index (χ1n) is 5.05. The van der Waals surface area contributed by atoms with Crippen LogP contribution in [0, 0.1) is 10.6 Å². The summed E-state index contributed by atoms with van der Waals surface area (Å²) in [6, 6.07) is 1.48. The number of amides is 2.